The molecule has 4 aromatic carbocycles. The van der Waals surface area contributed by atoms with E-state index >= 15 is 43.2 Å². The van der Waals surface area contributed by atoms with Crippen molar-refractivity contribution in [3.05, 3.63) is 104 Å². The molecule has 3 heterocycles. The summed E-state index contributed by atoms with van der Waals surface area (Å²) in [6, 6.07) is 5.07. The number of nitrogens with one attached hydrogen (secondary N) is 8. The number of ketones is 6. The molecular weight excluding hydrogens is 1950 g/mol. The number of thioether (sulfide) groups is 1. The predicted molar refractivity (Wildman–Crippen MR) is 563 cm³/mol. The second-order valence-electron chi connectivity index (χ2n) is 45.3. The van der Waals surface area contributed by atoms with Crippen LogP contribution < -0.4 is 77.5 Å². The number of nitrogens with zero attached hydrogens (tertiary/aromatic N) is 2. The molecule has 0 spiro atoms. The molecule has 7 amide bonds. The highest BCUT2D eigenvalue weighted by Crippen LogP contribution is 2.46. The van der Waals surface area contributed by atoms with Crippen LogP contribution in [0.2, 0.25) is 0 Å². The fourth-order valence-corrected chi connectivity index (χ4v) is 22.2. The number of ether oxygens (including phenoxy) is 7. The molecular formula is C107H161N13O24S3. The molecule has 4 aromatic rings. The highest BCUT2D eigenvalue weighted by atomic mass is 32.2. The lowest BCUT2D eigenvalue weighted by Crippen LogP contribution is -2.55. The third-order valence-corrected chi connectivity index (χ3v) is 29.3. The Labute approximate surface area is 872 Å². The second-order valence-corrected chi connectivity index (χ2v) is 49.5. The van der Waals surface area contributed by atoms with Crippen LogP contribution in [0.3, 0.4) is 0 Å². The van der Waals surface area contributed by atoms with Crippen LogP contribution in [0, 0.1) is 65.2 Å². The Kier molecular flexibility index (Phi) is 42.7. The highest BCUT2D eigenvalue weighted by Gasteiger charge is 2.46. The molecule has 12 atom stereocenters. The van der Waals surface area contributed by atoms with Gasteiger partial charge in [-0.05, 0) is 297 Å². The van der Waals surface area contributed by atoms with E-state index in [9.17, 15) is 36.0 Å². The van der Waals surface area contributed by atoms with Gasteiger partial charge in [-0.25, -0.2) is 26.3 Å². The number of primary amides is 1. The van der Waals surface area contributed by atoms with E-state index in [-0.39, 0.29) is 85.2 Å². The average Bonchev–Trinajstić information content (AvgIpc) is 1.62. The summed E-state index contributed by atoms with van der Waals surface area (Å²) in [5, 5.41) is 16.6. The van der Waals surface area contributed by atoms with Gasteiger partial charge in [-0.2, -0.15) is 0 Å². The number of aliphatic imine (C=N–C) groups is 2. The predicted octanol–water partition coefficient (Wildman–Crippen LogP) is 10.3. The number of guanidine groups is 2. The lowest BCUT2D eigenvalue weighted by molar-refractivity contribution is -0.149. The summed E-state index contributed by atoms with van der Waals surface area (Å²) in [4.78, 5) is 204. The second kappa shape index (κ2) is 51.0. The van der Waals surface area contributed by atoms with Crippen LogP contribution >= 0.6 is 11.8 Å². The van der Waals surface area contributed by atoms with E-state index in [1.807, 2.05) is 76.2 Å². The highest BCUT2D eigenvalue weighted by molar-refractivity contribution is 8.00. The fraction of sp³-hybridized carbons (Fsp3) is 0.636. The average molecular weight is 2110 g/mol. The van der Waals surface area contributed by atoms with Crippen molar-refractivity contribution in [2.75, 3.05) is 31.1 Å². The number of carbonyl (C=O) groups is 13. The van der Waals surface area contributed by atoms with Crippen LogP contribution in [-0.2, 0) is 122 Å². The molecule has 1 saturated heterocycles. The topological polar surface area (TPSA) is 554 Å². The molecule has 3 aliphatic heterocycles. The fourth-order valence-electron chi connectivity index (χ4n) is 18.4. The zero-order chi connectivity index (χ0) is 111. The standard InChI is InChI=1S/C107H161N13O24S3/c1-58(121)55-113-88(128)43-42-82(122)78(32-30-44-111-99(109)119-146(134,135)93-61(4)59(2)76-53-106(26,27)143-91(76)63(93)6)115-95(130)70(46-68-34-38-72(39-35-68)141-104(20,21)22)48-84(124)80(47-69-36-40-73(41-37-69)142-105(23,24)25)117-96(131)71-49-83(123)79(33-31-45-112-100(110)120-147(136,137)94-62(5)60(3)77-54-107(28,29)144-92(77)64(94)7)116-97(132)75(66(9)139-102(14,15)16)52-86(126)90(67(10)140-103(17,18)19)118-98(133)74(65(8)138-101(11,12)13)51-85(125)81(114-89(129)50-71)56-145-57-87(108)127/h34-41,65-67,70-71,74-75,78-81,90H,30-33,42-57H2,1-29H3,(H2,108,127)(H,113,128)(H,114,129)(H,115,130)(H,116,132)(H,117,131)(H,118,133)(H3,109,111,119)(H3,110,112,120)/t65-,66-,67-,70-,71+,74+,75+,78+,79+,80+,81+,90+/m1/s1. The van der Waals surface area contributed by atoms with E-state index < -0.39 is 259 Å². The minimum Gasteiger partial charge on any atom is -0.488 e. The van der Waals surface area contributed by atoms with E-state index in [1.165, 1.54) is 13.8 Å². The van der Waals surface area contributed by atoms with Crippen LogP contribution in [0.5, 0.6) is 23.0 Å². The first-order chi connectivity index (χ1) is 67.6. The van der Waals surface area contributed by atoms with Crippen LogP contribution in [0.1, 0.15) is 286 Å². The molecule has 0 radical (unpaired) electrons. The van der Waals surface area contributed by atoms with Crippen molar-refractivity contribution in [1.82, 2.24) is 41.3 Å². The number of nitrogens with two attached hydrogens (primary N) is 3. The Morgan fingerprint density at radius 1 is 0.517 bits per heavy atom. The van der Waals surface area contributed by atoms with Gasteiger partial charge in [0, 0.05) is 105 Å². The van der Waals surface area contributed by atoms with Crippen LogP contribution in [0.15, 0.2) is 68.3 Å². The molecule has 0 unspecified atom stereocenters. The molecule has 37 nitrogen and oxygen atoms in total. The summed E-state index contributed by atoms with van der Waals surface area (Å²) in [7, 11) is -8.92. The van der Waals surface area contributed by atoms with Gasteiger partial charge in [0.25, 0.3) is 20.0 Å². The molecule has 40 heteroatoms. The first kappa shape index (κ1) is 123. The van der Waals surface area contributed by atoms with Crippen LogP contribution in [-0.4, -0.2) is 224 Å². The summed E-state index contributed by atoms with van der Waals surface area (Å²) >= 11 is 0.845. The molecule has 0 aliphatic carbocycles. The van der Waals surface area contributed by atoms with Crippen molar-refractivity contribution in [2.45, 2.75) is 395 Å². The Bertz CT molecular complexity index is 5790. The van der Waals surface area contributed by atoms with Crippen molar-refractivity contribution in [3.8, 4) is 23.0 Å². The number of fused-ring (bicyclic) bond motifs is 2. The third-order valence-electron chi connectivity index (χ3n) is 25.0. The van der Waals surface area contributed by atoms with Gasteiger partial charge >= 0.3 is 0 Å². The number of carbonyl (C=O) groups excluding carboxylic acids is 13. The molecule has 147 heavy (non-hydrogen) atoms. The normalized spacial score (nSPS) is 19.9. The van der Waals surface area contributed by atoms with Gasteiger partial charge in [-0.15, -0.1) is 11.8 Å². The summed E-state index contributed by atoms with van der Waals surface area (Å²) in [5.74, 6) is -17.3. The van der Waals surface area contributed by atoms with Gasteiger partial charge < -0.3 is 82.3 Å². The summed E-state index contributed by atoms with van der Waals surface area (Å²) in [6.45, 7) is 49.3. The van der Waals surface area contributed by atoms with Crippen molar-refractivity contribution in [2.24, 2.45) is 50.9 Å². The van der Waals surface area contributed by atoms with Crippen molar-refractivity contribution < 1.29 is 112 Å². The number of hydrogen-bond donors (Lipinski definition) is 11. The van der Waals surface area contributed by atoms with E-state index in [2.05, 4.69) is 51.3 Å². The molecule has 7 rings (SSSR count). The quantitative estimate of drug-likeness (QED) is 0.0112. The maximum absolute atomic E-state index is 16.3. The molecule has 816 valence electrons. The number of sulfonamides is 2. The lowest BCUT2D eigenvalue weighted by Gasteiger charge is -2.35. The van der Waals surface area contributed by atoms with Crippen molar-refractivity contribution in [3.63, 3.8) is 0 Å². The number of hydrogen-bond acceptors (Lipinski definition) is 27. The number of amides is 7. The van der Waals surface area contributed by atoms with E-state index in [0.717, 1.165) is 28.5 Å². The van der Waals surface area contributed by atoms with Gasteiger partial charge in [0.1, 0.15) is 57.2 Å². The van der Waals surface area contributed by atoms with Crippen LogP contribution in [0.25, 0.3) is 0 Å². The molecule has 0 bridgehead atoms. The molecule has 3 aliphatic rings. The van der Waals surface area contributed by atoms with E-state index in [0.29, 0.717) is 74.8 Å². The largest absolute Gasteiger partial charge is 0.488 e. The first-order valence-electron chi connectivity index (χ1n) is 50.3. The smallest absolute Gasteiger partial charge is 0.264 e. The number of benzene rings is 4. The Morgan fingerprint density at radius 2 is 0.959 bits per heavy atom. The summed E-state index contributed by atoms with van der Waals surface area (Å²) < 4.78 is 107. The summed E-state index contributed by atoms with van der Waals surface area (Å²) in [6.07, 6.45) is -8.93. The molecule has 14 N–H and O–H groups in total. The maximum Gasteiger partial charge on any atom is 0.264 e. The zero-order valence-corrected chi connectivity index (χ0v) is 93.8. The van der Waals surface area contributed by atoms with Gasteiger partial charge in [0.05, 0.1) is 99.1 Å². The zero-order valence-electron chi connectivity index (χ0n) is 91.3. The van der Waals surface area contributed by atoms with Crippen molar-refractivity contribution >= 4 is 120 Å². The lowest BCUT2D eigenvalue weighted by atomic mass is 9.88. The van der Waals surface area contributed by atoms with Gasteiger partial charge in [-0.1, -0.05) is 24.3 Å². The third kappa shape index (κ3) is 38.2. The summed E-state index contributed by atoms with van der Waals surface area (Å²) in [5.41, 5.74) is 18.6. The minimum absolute atomic E-state index is 0.0522. The first-order valence-corrected chi connectivity index (χ1v) is 54.4. The van der Waals surface area contributed by atoms with E-state index in [1.54, 1.807) is 159 Å². The number of Topliss-reactive ketones (excluding diaryl/α,β-unsaturated/α-hetero) is 6. The maximum atomic E-state index is 16.3. The number of rotatable bonds is 41. The minimum atomic E-state index is -4.50. The van der Waals surface area contributed by atoms with E-state index in [4.69, 9.17) is 50.4 Å². The van der Waals surface area contributed by atoms with Crippen LogP contribution in [0.4, 0.5) is 0 Å². The monoisotopic (exact) mass is 2110 g/mol. The molecule has 1 fully saturated rings. The Hall–Kier alpha value is -10.9. The molecule has 0 saturated carbocycles. The van der Waals surface area contributed by atoms with Gasteiger partial charge in [0.15, 0.2) is 28.9 Å². The van der Waals surface area contributed by atoms with Crippen molar-refractivity contribution in [1.29, 1.82) is 0 Å². The SMILES string of the molecule is CC(=O)CNC(=O)CCC(=O)[C@H](CCCN=C(N)NS(=O)(=O)c1c(C)c(C)c2c(c1C)OC(C)(C)C2)NC(=O)[C@@H](CC(=O)[C@H](Cc1ccc(OC(C)(C)C)cc1)NC(=O)[C@@H]1CC(=O)N[C@@H](CSCC(N)=O)C(=O)C[C@@H]([C@@H](C)OC(C)(C)C)C(=O)N[C@@H]([C@@H](C)OC(C)(C)C)C(=O)C[C@@H]([C@@H](C)OC(C)(C)C)C(=O)N[C@@H](CCCN=C(N)NS(=O)(=O)c2c(C)c(C)c3c(c2C)OC(C)(C)C3)C(=O)C1)Cc1ccc(OC(C)(C)C)cc1. The Morgan fingerprint density at radius 3 is 1.41 bits per heavy atom. The molecule has 0 aromatic heterocycles. The van der Waals surface area contributed by atoms with Gasteiger partial charge in [0.2, 0.25) is 53.3 Å². The van der Waals surface area contributed by atoms with Gasteiger partial charge in [-0.3, -0.25) is 72.3 Å². The Balaban J connectivity index is 1.40.